The minimum Gasteiger partial charge on any atom is -0.504 e. The van der Waals surface area contributed by atoms with Crippen LogP contribution in [0.3, 0.4) is 0 Å². The first-order chi connectivity index (χ1) is 11.6. The number of aromatic hydroxyl groups is 1. The van der Waals surface area contributed by atoms with E-state index < -0.39 is 0 Å². The SMILES string of the molecule is Cc1nccn1CCCC(=O)Oc1cccc(C2CCCC2)c1O. The van der Waals surface area contributed by atoms with Gasteiger partial charge in [-0.05, 0) is 38.2 Å². The Morgan fingerprint density at radius 3 is 2.88 bits per heavy atom. The zero-order valence-corrected chi connectivity index (χ0v) is 14.1. The molecule has 0 amide bonds. The van der Waals surface area contributed by atoms with Crippen molar-refractivity contribution in [3.63, 3.8) is 0 Å². The van der Waals surface area contributed by atoms with Gasteiger partial charge in [-0.1, -0.05) is 25.0 Å². The highest BCUT2D eigenvalue weighted by molar-refractivity contribution is 5.73. The van der Waals surface area contributed by atoms with Gasteiger partial charge >= 0.3 is 5.97 Å². The lowest BCUT2D eigenvalue weighted by Gasteiger charge is -2.14. The number of imidazole rings is 1. The van der Waals surface area contributed by atoms with Crippen LogP contribution >= 0.6 is 0 Å². The third-order valence-corrected chi connectivity index (χ3v) is 4.75. The van der Waals surface area contributed by atoms with Crippen LogP contribution in [-0.2, 0) is 11.3 Å². The molecule has 128 valence electrons. The number of para-hydroxylation sites is 1. The van der Waals surface area contributed by atoms with Gasteiger partial charge in [-0.25, -0.2) is 4.98 Å². The fourth-order valence-corrected chi connectivity index (χ4v) is 3.40. The number of hydrogen-bond donors (Lipinski definition) is 1. The van der Waals surface area contributed by atoms with Gasteiger partial charge in [0.1, 0.15) is 5.82 Å². The monoisotopic (exact) mass is 328 g/mol. The van der Waals surface area contributed by atoms with E-state index in [4.69, 9.17) is 4.74 Å². The standard InChI is InChI=1S/C19H24N2O3/c1-14-20-11-13-21(14)12-5-10-18(22)24-17-9-4-8-16(19(17)23)15-6-2-3-7-15/h4,8-9,11,13,15,23H,2-3,5-7,10,12H2,1H3. The third kappa shape index (κ3) is 3.78. The molecule has 0 unspecified atom stereocenters. The summed E-state index contributed by atoms with van der Waals surface area (Å²) < 4.78 is 7.39. The molecule has 0 bridgehead atoms. The molecule has 24 heavy (non-hydrogen) atoms. The zero-order valence-electron chi connectivity index (χ0n) is 14.1. The highest BCUT2D eigenvalue weighted by atomic mass is 16.5. The maximum Gasteiger partial charge on any atom is 0.311 e. The Bertz CT molecular complexity index is 702. The first-order valence-electron chi connectivity index (χ1n) is 8.65. The second-order valence-electron chi connectivity index (χ2n) is 6.42. The van der Waals surface area contributed by atoms with Crippen LogP contribution in [0.25, 0.3) is 0 Å². The van der Waals surface area contributed by atoms with Gasteiger partial charge < -0.3 is 14.4 Å². The Morgan fingerprint density at radius 2 is 2.17 bits per heavy atom. The van der Waals surface area contributed by atoms with Gasteiger partial charge in [0, 0.05) is 30.9 Å². The largest absolute Gasteiger partial charge is 0.504 e. The molecule has 2 aromatic rings. The van der Waals surface area contributed by atoms with Crippen molar-refractivity contribution in [3.8, 4) is 11.5 Å². The molecule has 1 N–H and O–H groups in total. The van der Waals surface area contributed by atoms with E-state index in [-0.39, 0.29) is 17.5 Å². The molecular formula is C19H24N2O3. The van der Waals surface area contributed by atoms with Gasteiger partial charge in [0.25, 0.3) is 0 Å². The molecule has 1 saturated carbocycles. The van der Waals surface area contributed by atoms with Crippen LogP contribution in [0.2, 0.25) is 0 Å². The second kappa shape index (κ2) is 7.51. The van der Waals surface area contributed by atoms with Gasteiger partial charge in [0.2, 0.25) is 0 Å². The van der Waals surface area contributed by atoms with Crippen LogP contribution in [-0.4, -0.2) is 20.6 Å². The van der Waals surface area contributed by atoms with Crippen LogP contribution in [0.4, 0.5) is 0 Å². The van der Waals surface area contributed by atoms with Gasteiger partial charge in [0.05, 0.1) is 0 Å². The van der Waals surface area contributed by atoms with E-state index in [1.165, 1.54) is 12.8 Å². The van der Waals surface area contributed by atoms with Crippen molar-refractivity contribution in [2.24, 2.45) is 0 Å². The summed E-state index contributed by atoms with van der Waals surface area (Å²) in [6, 6.07) is 5.45. The first-order valence-corrected chi connectivity index (χ1v) is 8.65. The Balaban J connectivity index is 1.56. The third-order valence-electron chi connectivity index (χ3n) is 4.75. The van der Waals surface area contributed by atoms with Gasteiger partial charge in [-0.2, -0.15) is 0 Å². The Labute approximate surface area is 142 Å². The summed E-state index contributed by atoms with van der Waals surface area (Å²) in [6.45, 7) is 2.67. The highest BCUT2D eigenvalue weighted by Gasteiger charge is 2.22. The second-order valence-corrected chi connectivity index (χ2v) is 6.42. The van der Waals surface area contributed by atoms with Gasteiger partial charge in [0.15, 0.2) is 11.5 Å². The number of nitrogens with zero attached hydrogens (tertiary/aromatic N) is 2. The molecule has 1 aromatic heterocycles. The number of aryl methyl sites for hydroxylation is 2. The molecule has 1 fully saturated rings. The lowest BCUT2D eigenvalue weighted by atomic mass is 9.96. The Morgan fingerprint density at radius 1 is 1.38 bits per heavy atom. The van der Waals surface area contributed by atoms with E-state index in [9.17, 15) is 9.90 Å². The first kappa shape index (κ1) is 16.6. The summed E-state index contributed by atoms with van der Waals surface area (Å²) in [5.41, 5.74) is 0.909. The topological polar surface area (TPSA) is 64.4 Å². The van der Waals surface area contributed by atoms with Crippen molar-refractivity contribution in [1.82, 2.24) is 9.55 Å². The van der Waals surface area contributed by atoms with E-state index in [0.29, 0.717) is 18.8 Å². The van der Waals surface area contributed by atoms with Crippen LogP contribution < -0.4 is 4.74 Å². The van der Waals surface area contributed by atoms with E-state index in [1.807, 2.05) is 29.8 Å². The van der Waals surface area contributed by atoms with Crippen LogP contribution in [0, 0.1) is 6.92 Å². The Hall–Kier alpha value is -2.30. The lowest BCUT2D eigenvalue weighted by molar-refractivity contribution is -0.134. The van der Waals surface area contributed by atoms with Crippen molar-refractivity contribution in [2.45, 2.75) is 57.9 Å². The number of esters is 1. The molecule has 0 aliphatic heterocycles. The molecule has 5 nitrogen and oxygen atoms in total. The van der Waals surface area contributed by atoms with E-state index >= 15 is 0 Å². The van der Waals surface area contributed by atoms with Crippen LogP contribution in [0.1, 0.15) is 55.8 Å². The predicted octanol–water partition coefficient (Wildman–Crippen LogP) is 3.94. The van der Waals surface area contributed by atoms with Crippen molar-refractivity contribution < 1.29 is 14.6 Å². The quantitative estimate of drug-likeness (QED) is 0.644. The van der Waals surface area contributed by atoms with Crippen molar-refractivity contribution in [3.05, 3.63) is 42.0 Å². The summed E-state index contributed by atoms with van der Waals surface area (Å²) in [4.78, 5) is 16.2. The molecular weight excluding hydrogens is 304 g/mol. The normalized spacial score (nSPS) is 14.9. The summed E-state index contributed by atoms with van der Waals surface area (Å²) in [7, 11) is 0. The molecule has 3 rings (SSSR count). The van der Waals surface area contributed by atoms with Crippen LogP contribution in [0.5, 0.6) is 11.5 Å². The summed E-state index contributed by atoms with van der Waals surface area (Å²) in [5, 5.41) is 10.4. The molecule has 0 atom stereocenters. The van der Waals surface area contributed by atoms with Crippen molar-refractivity contribution in [2.75, 3.05) is 0 Å². The van der Waals surface area contributed by atoms with E-state index in [2.05, 4.69) is 4.98 Å². The number of carbonyl (C=O) groups excluding carboxylic acids is 1. The summed E-state index contributed by atoms with van der Waals surface area (Å²) >= 11 is 0. The number of rotatable bonds is 6. The van der Waals surface area contributed by atoms with Gasteiger partial charge in [-0.15, -0.1) is 0 Å². The molecule has 0 radical (unpaired) electrons. The molecule has 0 saturated heterocycles. The number of carbonyl (C=O) groups is 1. The van der Waals surface area contributed by atoms with Gasteiger partial charge in [-0.3, -0.25) is 4.79 Å². The number of aromatic nitrogens is 2. The Kier molecular flexibility index (Phi) is 5.18. The maximum absolute atomic E-state index is 12.1. The van der Waals surface area contributed by atoms with Crippen LogP contribution in [0.15, 0.2) is 30.6 Å². The molecule has 5 heteroatoms. The average molecular weight is 328 g/mol. The maximum atomic E-state index is 12.1. The number of ether oxygens (including phenoxy) is 1. The molecule has 1 aliphatic carbocycles. The summed E-state index contributed by atoms with van der Waals surface area (Å²) in [5.74, 6) is 1.41. The minimum atomic E-state index is -0.313. The molecule has 1 aromatic carbocycles. The minimum absolute atomic E-state index is 0.128. The number of benzene rings is 1. The lowest BCUT2D eigenvalue weighted by Crippen LogP contribution is -2.10. The van der Waals surface area contributed by atoms with E-state index in [0.717, 1.165) is 30.8 Å². The molecule has 1 aliphatic rings. The summed E-state index contributed by atoms with van der Waals surface area (Å²) in [6.07, 6.45) is 9.22. The smallest absolute Gasteiger partial charge is 0.311 e. The number of phenols is 1. The average Bonchev–Trinajstić information content (AvgIpc) is 3.22. The predicted molar refractivity (Wildman–Crippen MR) is 91.1 cm³/mol. The molecule has 1 heterocycles. The van der Waals surface area contributed by atoms with Crippen molar-refractivity contribution >= 4 is 5.97 Å². The number of phenolic OH excluding ortho intramolecular Hbond substituents is 1. The fourth-order valence-electron chi connectivity index (χ4n) is 3.40. The zero-order chi connectivity index (χ0) is 16.9. The molecule has 0 spiro atoms. The number of hydrogen-bond acceptors (Lipinski definition) is 4. The fraction of sp³-hybridized carbons (Fsp3) is 0.474. The van der Waals surface area contributed by atoms with E-state index in [1.54, 1.807) is 12.3 Å². The highest BCUT2D eigenvalue weighted by Crippen LogP contribution is 2.42. The van der Waals surface area contributed by atoms with Crippen molar-refractivity contribution in [1.29, 1.82) is 0 Å².